The van der Waals surface area contributed by atoms with Crippen molar-refractivity contribution in [1.29, 1.82) is 0 Å². The number of methoxy groups -OCH3 is 1. The standard InChI is InChI=1S/C35H35F2N5O4/c1-3-46-35(44)26-21-27(43)29-32(41-22-24-12-14-25(45-2)15-13-24)30(36)33(40-19-18-39-28-11-7-8-17-38-28)31(37)34(29)42(26)20-16-23-9-5-4-6-10-23/h4-15,17,21,40-41H,3,16,18-20,22H2,1-2H3,(H,38,39). The van der Waals surface area contributed by atoms with Crippen LogP contribution in [0.3, 0.4) is 0 Å². The van der Waals surface area contributed by atoms with Gasteiger partial charge in [-0.2, -0.15) is 0 Å². The molecule has 238 valence electrons. The molecule has 2 heterocycles. The van der Waals surface area contributed by atoms with Crippen LogP contribution in [0.4, 0.5) is 26.0 Å². The van der Waals surface area contributed by atoms with E-state index in [2.05, 4.69) is 20.9 Å². The zero-order valence-electron chi connectivity index (χ0n) is 25.6. The highest BCUT2D eigenvalue weighted by molar-refractivity contribution is 5.99. The molecule has 0 unspecified atom stereocenters. The number of hydrogen-bond donors (Lipinski definition) is 3. The van der Waals surface area contributed by atoms with Gasteiger partial charge >= 0.3 is 5.97 Å². The quantitative estimate of drug-likeness (QED) is 0.0982. The summed E-state index contributed by atoms with van der Waals surface area (Å²) in [6, 6.07) is 23.1. The largest absolute Gasteiger partial charge is 0.497 e. The van der Waals surface area contributed by atoms with E-state index in [4.69, 9.17) is 9.47 Å². The Morgan fingerprint density at radius 2 is 1.61 bits per heavy atom. The molecule has 46 heavy (non-hydrogen) atoms. The monoisotopic (exact) mass is 627 g/mol. The predicted octanol–water partition coefficient (Wildman–Crippen LogP) is 6.24. The summed E-state index contributed by atoms with van der Waals surface area (Å²) in [4.78, 5) is 30.9. The van der Waals surface area contributed by atoms with Gasteiger partial charge in [0.25, 0.3) is 0 Å². The van der Waals surface area contributed by atoms with Gasteiger partial charge in [0.05, 0.1) is 30.3 Å². The molecule has 0 aliphatic heterocycles. The van der Waals surface area contributed by atoms with Crippen molar-refractivity contribution in [1.82, 2.24) is 9.55 Å². The Morgan fingerprint density at radius 1 is 0.870 bits per heavy atom. The minimum atomic E-state index is -0.989. The van der Waals surface area contributed by atoms with E-state index in [0.29, 0.717) is 24.5 Å². The highest BCUT2D eigenvalue weighted by atomic mass is 19.1. The van der Waals surface area contributed by atoms with Crippen molar-refractivity contribution >= 4 is 34.1 Å². The number of benzene rings is 3. The number of pyridine rings is 2. The van der Waals surface area contributed by atoms with Crippen molar-refractivity contribution < 1.29 is 23.0 Å². The van der Waals surface area contributed by atoms with Crippen LogP contribution in [0.25, 0.3) is 10.9 Å². The molecule has 0 saturated heterocycles. The lowest BCUT2D eigenvalue weighted by molar-refractivity contribution is 0.0513. The normalized spacial score (nSPS) is 10.9. The Morgan fingerprint density at radius 3 is 2.30 bits per heavy atom. The minimum absolute atomic E-state index is 0.0559. The van der Waals surface area contributed by atoms with Crippen LogP contribution >= 0.6 is 0 Å². The molecular weight excluding hydrogens is 592 g/mol. The fraction of sp³-hybridized carbons (Fsp3) is 0.229. The number of esters is 1. The Balaban J connectivity index is 1.61. The van der Waals surface area contributed by atoms with Crippen LogP contribution in [0.5, 0.6) is 5.75 Å². The first-order valence-electron chi connectivity index (χ1n) is 15.0. The third-order valence-electron chi connectivity index (χ3n) is 7.41. The second-order valence-corrected chi connectivity index (χ2v) is 10.4. The number of rotatable bonds is 14. The molecule has 0 fully saturated rings. The van der Waals surface area contributed by atoms with Crippen molar-refractivity contribution in [2.45, 2.75) is 26.4 Å². The molecule has 0 spiro atoms. The van der Waals surface area contributed by atoms with Gasteiger partial charge in [0.15, 0.2) is 17.1 Å². The smallest absolute Gasteiger partial charge is 0.355 e. The van der Waals surface area contributed by atoms with Crippen molar-refractivity contribution in [2.75, 3.05) is 42.8 Å². The first-order valence-corrected chi connectivity index (χ1v) is 15.0. The van der Waals surface area contributed by atoms with E-state index in [-0.39, 0.29) is 48.5 Å². The van der Waals surface area contributed by atoms with E-state index in [1.165, 1.54) is 4.57 Å². The second-order valence-electron chi connectivity index (χ2n) is 10.4. The number of aryl methyl sites for hydroxylation is 2. The van der Waals surface area contributed by atoms with Crippen LogP contribution in [0.2, 0.25) is 0 Å². The molecule has 11 heteroatoms. The fourth-order valence-electron chi connectivity index (χ4n) is 5.16. The molecule has 2 aromatic heterocycles. The van der Waals surface area contributed by atoms with Crippen LogP contribution in [-0.2, 0) is 24.2 Å². The van der Waals surface area contributed by atoms with Gasteiger partial charge in [-0.05, 0) is 48.7 Å². The zero-order valence-corrected chi connectivity index (χ0v) is 25.6. The number of carbonyl (C=O) groups is 1. The lowest BCUT2D eigenvalue weighted by Gasteiger charge is -2.22. The average molecular weight is 628 g/mol. The van der Waals surface area contributed by atoms with Crippen LogP contribution in [0, 0.1) is 11.6 Å². The fourth-order valence-corrected chi connectivity index (χ4v) is 5.16. The molecule has 0 atom stereocenters. The SMILES string of the molecule is CCOC(=O)c1cc(=O)c2c(NCc3ccc(OC)cc3)c(F)c(NCCNc3ccccn3)c(F)c2n1CCc1ccccc1. The van der Waals surface area contributed by atoms with Crippen LogP contribution in [0.15, 0.2) is 89.9 Å². The molecule has 0 aliphatic rings. The summed E-state index contributed by atoms with van der Waals surface area (Å²) < 4.78 is 44.8. The molecule has 5 aromatic rings. The van der Waals surface area contributed by atoms with E-state index in [0.717, 1.165) is 17.2 Å². The number of nitrogens with zero attached hydrogens (tertiary/aromatic N) is 2. The van der Waals surface area contributed by atoms with Gasteiger partial charge < -0.3 is 30.0 Å². The van der Waals surface area contributed by atoms with Crippen LogP contribution in [0.1, 0.15) is 28.5 Å². The Bertz CT molecular complexity index is 1850. The van der Waals surface area contributed by atoms with E-state index < -0.39 is 28.7 Å². The second kappa shape index (κ2) is 15.0. The summed E-state index contributed by atoms with van der Waals surface area (Å²) in [6.45, 7) is 2.37. The predicted molar refractivity (Wildman–Crippen MR) is 176 cm³/mol. The van der Waals surface area contributed by atoms with Gasteiger partial charge in [0.2, 0.25) is 0 Å². The lowest BCUT2D eigenvalue weighted by atomic mass is 10.1. The van der Waals surface area contributed by atoms with E-state index in [1.807, 2.05) is 36.4 Å². The van der Waals surface area contributed by atoms with Gasteiger partial charge in [0, 0.05) is 38.4 Å². The van der Waals surface area contributed by atoms with E-state index in [1.54, 1.807) is 56.6 Å². The molecule has 0 amide bonds. The average Bonchev–Trinajstić information content (AvgIpc) is 3.08. The molecular formula is C35H35F2N5O4. The van der Waals surface area contributed by atoms with Crippen molar-refractivity contribution in [3.63, 3.8) is 0 Å². The maximum absolute atomic E-state index is 16.6. The number of halogens is 2. The van der Waals surface area contributed by atoms with Gasteiger partial charge in [-0.1, -0.05) is 48.5 Å². The number of aromatic nitrogens is 2. The third kappa shape index (κ3) is 7.26. The number of carbonyl (C=O) groups excluding carboxylic acids is 1. The molecule has 0 aliphatic carbocycles. The highest BCUT2D eigenvalue weighted by Crippen LogP contribution is 2.35. The number of ether oxygens (including phenoxy) is 2. The Hall–Kier alpha value is -5.45. The minimum Gasteiger partial charge on any atom is -0.497 e. The van der Waals surface area contributed by atoms with Gasteiger partial charge in [-0.25, -0.2) is 18.6 Å². The van der Waals surface area contributed by atoms with Crippen molar-refractivity contribution in [3.8, 4) is 5.75 Å². The summed E-state index contributed by atoms with van der Waals surface area (Å²) >= 11 is 0. The third-order valence-corrected chi connectivity index (χ3v) is 7.41. The first kappa shape index (κ1) is 32.0. The van der Waals surface area contributed by atoms with Gasteiger partial charge in [-0.3, -0.25) is 4.79 Å². The summed E-state index contributed by atoms with van der Waals surface area (Å²) in [5.74, 6) is -1.45. The molecule has 0 radical (unpaired) electrons. The van der Waals surface area contributed by atoms with E-state index >= 15 is 8.78 Å². The summed E-state index contributed by atoms with van der Waals surface area (Å²) in [6.07, 6.45) is 2.04. The summed E-state index contributed by atoms with van der Waals surface area (Å²) in [5.41, 5.74) is 0.0628. The molecule has 0 bridgehead atoms. The van der Waals surface area contributed by atoms with Crippen LogP contribution in [-0.4, -0.2) is 42.3 Å². The highest BCUT2D eigenvalue weighted by Gasteiger charge is 2.27. The van der Waals surface area contributed by atoms with Crippen molar-refractivity contribution in [3.05, 3.63) is 124 Å². The number of anilines is 3. The molecule has 3 N–H and O–H groups in total. The Kier molecular flexibility index (Phi) is 10.4. The molecule has 0 saturated carbocycles. The Labute approximate surface area is 265 Å². The molecule has 9 nitrogen and oxygen atoms in total. The number of hydrogen-bond acceptors (Lipinski definition) is 8. The lowest BCUT2D eigenvalue weighted by Crippen LogP contribution is -2.24. The van der Waals surface area contributed by atoms with Crippen molar-refractivity contribution in [2.24, 2.45) is 0 Å². The maximum atomic E-state index is 16.6. The molecule has 5 rings (SSSR count). The first-order chi connectivity index (χ1) is 22.4. The van der Waals surface area contributed by atoms with Crippen LogP contribution < -0.4 is 26.1 Å². The zero-order chi connectivity index (χ0) is 32.5. The van der Waals surface area contributed by atoms with E-state index in [9.17, 15) is 9.59 Å². The van der Waals surface area contributed by atoms with Gasteiger partial charge in [-0.15, -0.1) is 0 Å². The molecule has 3 aromatic carbocycles. The summed E-state index contributed by atoms with van der Waals surface area (Å²) in [5, 5.41) is 8.79. The van der Waals surface area contributed by atoms with Gasteiger partial charge in [0.1, 0.15) is 22.9 Å². The topological polar surface area (TPSA) is 107 Å². The number of nitrogens with one attached hydrogen (secondary N) is 3. The maximum Gasteiger partial charge on any atom is 0.355 e. The summed E-state index contributed by atoms with van der Waals surface area (Å²) in [7, 11) is 1.56. The number of fused-ring (bicyclic) bond motifs is 1.